The third-order valence-corrected chi connectivity index (χ3v) is 3.55. The summed E-state index contributed by atoms with van der Waals surface area (Å²) in [6, 6.07) is 6.09. The van der Waals surface area contributed by atoms with Crippen molar-refractivity contribution in [1.29, 1.82) is 0 Å². The van der Waals surface area contributed by atoms with E-state index in [4.69, 9.17) is 16.3 Å². The van der Waals surface area contributed by atoms with Gasteiger partial charge in [-0.15, -0.1) is 11.6 Å². The van der Waals surface area contributed by atoms with E-state index in [-0.39, 0.29) is 11.5 Å². The Labute approximate surface area is 127 Å². The molecule has 0 aliphatic rings. The second-order valence-corrected chi connectivity index (χ2v) is 6.36. The van der Waals surface area contributed by atoms with Gasteiger partial charge >= 0.3 is 0 Å². The fourth-order valence-corrected chi connectivity index (χ4v) is 2.56. The minimum absolute atomic E-state index is 0.120. The molecule has 2 rings (SSSR count). The molecule has 0 aliphatic heterocycles. The minimum Gasteiger partial charge on any atom is -0.377 e. The first-order chi connectivity index (χ1) is 8.99. The Morgan fingerprint density at radius 2 is 2.11 bits per heavy atom. The van der Waals surface area contributed by atoms with Crippen molar-refractivity contribution in [3.63, 3.8) is 0 Å². The van der Waals surface area contributed by atoms with E-state index in [9.17, 15) is 0 Å². The lowest BCUT2D eigenvalue weighted by atomic mass is 10.3. The third kappa shape index (κ3) is 3.50. The van der Waals surface area contributed by atoms with Crippen LogP contribution < -0.4 is 0 Å². The lowest BCUT2D eigenvalue weighted by molar-refractivity contribution is 0.0729. The second-order valence-electron chi connectivity index (χ2n) is 4.79. The van der Waals surface area contributed by atoms with E-state index >= 15 is 0 Å². The smallest absolute Gasteiger partial charge is 0.127 e. The summed E-state index contributed by atoms with van der Waals surface area (Å²) in [5.41, 5.74) is 2.06. The van der Waals surface area contributed by atoms with Gasteiger partial charge in [0, 0.05) is 11.0 Å². The normalized spacial score (nSPS) is 13.4. The number of fused-ring (bicyclic) bond motifs is 1. The Morgan fingerprint density at radius 3 is 2.74 bits per heavy atom. The lowest BCUT2D eigenvalue weighted by Crippen LogP contribution is -2.13. The molecule has 0 N–H and O–H groups in total. The molecule has 1 heterocycles. The second kappa shape index (κ2) is 6.25. The lowest BCUT2D eigenvalue weighted by Gasteiger charge is -2.12. The predicted octanol–water partition coefficient (Wildman–Crippen LogP) is 4.52. The molecule has 0 bridgehead atoms. The van der Waals surface area contributed by atoms with E-state index in [1.165, 1.54) is 0 Å². The van der Waals surface area contributed by atoms with Gasteiger partial charge in [-0.25, -0.2) is 4.98 Å². The van der Waals surface area contributed by atoms with Gasteiger partial charge in [-0.05, 0) is 39.0 Å². The molecule has 3 nitrogen and oxygen atoms in total. The molecular weight excluding hydrogens is 328 g/mol. The number of hydrogen-bond acceptors (Lipinski definition) is 2. The maximum Gasteiger partial charge on any atom is 0.127 e. The maximum atomic E-state index is 6.23. The first-order valence-corrected chi connectivity index (χ1v) is 7.63. The van der Waals surface area contributed by atoms with Crippen LogP contribution in [0, 0.1) is 0 Å². The van der Waals surface area contributed by atoms with Crippen LogP contribution in [0.2, 0.25) is 0 Å². The fourth-order valence-electron chi connectivity index (χ4n) is 2.04. The summed E-state index contributed by atoms with van der Waals surface area (Å²) >= 11 is 9.69. The van der Waals surface area contributed by atoms with Gasteiger partial charge in [0.15, 0.2) is 0 Å². The summed E-state index contributed by atoms with van der Waals surface area (Å²) in [7, 11) is 0. The molecule has 0 aliphatic carbocycles. The quantitative estimate of drug-likeness (QED) is 0.745. The molecule has 5 heteroatoms. The SMILES string of the molecule is CC(C)OCCn1c(C(C)Cl)nc2cc(Br)ccc21. The first kappa shape index (κ1) is 14.8. The van der Waals surface area contributed by atoms with Crippen LogP contribution in [0.5, 0.6) is 0 Å². The van der Waals surface area contributed by atoms with Gasteiger partial charge in [0.1, 0.15) is 5.82 Å². The molecule has 1 unspecified atom stereocenters. The Balaban J connectivity index is 2.35. The molecule has 1 aromatic heterocycles. The van der Waals surface area contributed by atoms with Gasteiger partial charge in [-0.1, -0.05) is 15.9 Å². The predicted molar refractivity (Wildman–Crippen MR) is 82.8 cm³/mol. The standard InChI is InChI=1S/C14H18BrClN2O/c1-9(2)19-7-6-18-13-5-4-11(15)8-12(13)17-14(18)10(3)16/h4-5,8-10H,6-7H2,1-3H3. The Kier molecular flexibility index (Phi) is 4.87. The highest BCUT2D eigenvalue weighted by Gasteiger charge is 2.15. The highest BCUT2D eigenvalue weighted by atomic mass is 79.9. The van der Waals surface area contributed by atoms with Crippen LogP contribution in [-0.4, -0.2) is 22.3 Å². The van der Waals surface area contributed by atoms with E-state index < -0.39 is 0 Å². The minimum atomic E-state index is -0.120. The highest BCUT2D eigenvalue weighted by molar-refractivity contribution is 9.10. The van der Waals surface area contributed by atoms with Crippen molar-refractivity contribution >= 4 is 38.6 Å². The van der Waals surface area contributed by atoms with Gasteiger partial charge in [0.25, 0.3) is 0 Å². The molecule has 0 radical (unpaired) electrons. The number of alkyl halides is 1. The van der Waals surface area contributed by atoms with Crippen molar-refractivity contribution in [2.45, 2.75) is 38.8 Å². The van der Waals surface area contributed by atoms with Crippen molar-refractivity contribution in [2.75, 3.05) is 6.61 Å². The van der Waals surface area contributed by atoms with E-state index in [2.05, 4.69) is 31.5 Å². The summed E-state index contributed by atoms with van der Waals surface area (Å²) in [4.78, 5) is 4.62. The summed E-state index contributed by atoms with van der Waals surface area (Å²) < 4.78 is 8.79. The van der Waals surface area contributed by atoms with E-state index in [1.807, 2.05) is 32.9 Å². The molecule has 0 saturated carbocycles. The first-order valence-electron chi connectivity index (χ1n) is 6.40. The zero-order valence-corrected chi connectivity index (χ0v) is 13.7. The molecule has 0 spiro atoms. The Morgan fingerprint density at radius 1 is 1.37 bits per heavy atom. The van der Waals surface area contributed by atoms with E-state index in [0.29, 0.717) is 6.61 Å². The van der Waals surface area contributed by atoms with E-state index in [0.717, 1.165) is 27.9 Å². The zero-order valence-electron chi connectivity index (χ0n) is 11.4. The van der Waals surface area contributed by atoms with Gasteiger partial charge in [-0.3, -0.25) is 0 Å². The van der Waals surface area contributed by atoms with Crippen molar-refractivity contribution in [1.82, 2.24) is 9.55 Å². The largest absolute Gasteiger partial charge is 0.377 e. The van der Waals surface area contributed by atoms with Crippen molar-refractivity contribution in [2.24, 2.45) is 0 Å². The molecule has 0 fully saturated rings. The number of rotatable bonds is 5. The monoisotopic (exact) mass is 344 g/mol. The number of hydrogen-bond donors (Lipinski definition) is 0. The third-order valence-electron chi connectivity index (χ3n) is 2.86. The van der Waals surface area contributed by atoms with Gasteiger partial charge in [-0.2, -0.15) is 0 Å². The summed E-state index contributed by atoms with van der Waals surface area (Å²) in [5, 5.41) is -0.120. The summed E-state index contributed by atoms with van der Waals surface area (Å²) in [6.45, 7) is 7.44. The number of benzene rings is 1. The molecular formula is C14H18BrClN2O. The number of imidazole rings is 1. The zero-order chi connectivity index (χ0) is 14.0. The van der Waals surface area contributed by atoms with Crippen LogP contribution in [0.3, 0.4) is 0 Å². The molecule has 0 saturated heterocycles. The average molecular weight is 346 g/mol. The van der Waals surface area contributed by atoms with Crippen molar-refractivity contribution in [3.05, 3.63) is 28.5 Å². The Bertz CT molecular complexity index is 566. The van der Waals surface area contributed by atoms with Crippen LogP contribution in [-0.2, 0) is 11.3 Å². The summed E-state index contributed by atoms with van der Waals surface area (Å²) in [6.07, 6.45) is 0.237. The fraction of sp³-hybridized carbons (Fsp3) is 0.500. The van der Waals surface area contributed by atoms with Crippen LogP contribution in [0.15, 0.2) is 22.7 Å². The van der Waals surface area contributed by atoms with Crippen LogP contribution >= 0.6 is 27.5 Å². The van der Waals surface area contributed by atoms with Crippen molar-refractivity contribution in [3.8, 4) is 0 Å². The molecule has 0 amide bonds. The van der Waals surface area contributed by atoms with Crippen LogP contribution in [0.4, 0.5) is 0 Å². The molecule has 2 aromatic rings. The average Bonchev–Trinajstić information content (AvgIpc) is 2.67. The molecule has 1 atom stereocenters. The number of nitrogens with zero attached hydrogens (tertiary/aromatic N) is 2. The van der Waals surface area contributed by atoms with Crippen LogP contribution in [0.25, 0.3) is 11.0 Å². The highest BCUT2D eigenvalue weighted by Crippen LogP contribution is 2.26. The van der Waals surface area contributed by atoms with Crippen molar-refractivity contribution < 1.29 is 4.74 Å². The van der Waals surface area contributed by atoms with Gasteiger partial charge < -0.3 is 9.30 Å². The molecule has 1 aromatic carbocycles. The summed E-state index contributed by atoms with van der Waals surface area (Å²) in [5.74, 6) is 0.891. The van der Waals surface area contributed by atoms with Gasteiger partial charge in [0.05, 0.1) is 29.1 Å². The Hall–Kier alpha value is -0.580. The number of halogens is 2. The van der Waals surface area contributed by atoms with E-state index in [1.54, 1.807) is 0 Å². The topological polar surface area (TPSA) is 27.1 Å². The van der Waals surface area contributed by atoms with Crippen LogP contribution in [0.1, 0.15) is 32.0 Å². The molecule has 104 valence electrons. The maximum absolute atomic E-state index is 6.23. The number of ether oxygens (including phenoxy) is 1. The van der Waals surface area contributed by atoms with Gasteiger partial charge in [0.2, 0.25) is 0 Å². The number of aromatic nitrogens is 2. The molecule has 19 heavy (non-hydrogen) atoms.